The Hall–Kier alpha value is -0.793. The summed E-state index contributed by atoms with van der Waals surface area (Å²) in [5, 5.41) is 8.75. The Morgan fingerprint density at radius 1 is 1.57 bits per heavy atom. The van der Waals surface area contributed by atoms with E-state index in [1.165, 1.54) is 0 Å². The molecule has 0 amide bonds. The van der Waals surface area contributed by atoms with Crippen LogP contribution in [-0.4, -0.2) is 37.0 Å². The van der Waals surface area contributed by atoms with E-state index in [4.69, 9.17) is 11.5 Å². The molecule has 0 rings (SSSR count). The summed E-state index contributed by atoms with van der Waals surface area (Å²) in [6, 6.07) is -0.0239. The molecule has 0 spiro atoms. The van der Waals surface area contributed by atoms with Crippen molar-refractivity contribution >= 4 is 14.2 Å². The Morgan fingerprint density at radius 3 is 2.36 bits per heavy atom. The van der Waals surface area contributed by atoms with Crippen molar-refractivity contribution in [2.45, 2.75) is 38.5 Å². The van der Waals surface area contributed by atoms with Crippen LogP contribution in [0.2, 0.25) is 19.6 Å². The molecule has 80 valence electrons. The van der Waals surface area contributed by atoms with Gasteiger partial charge in [-0.15, -0.1) is 12.3 Å². The third kappa shape index (κ3) is 4.45. The lowest BCUT2D eigenvalue weighted by atomic mass is 10.1. The van der Waals surface area contributed by atoms with Crippen LogP contribution >= 0.6 is 0 Å². The Labute approximate surface area is 87.2 Å². The molecule has 0 saturated carbocycles. The maximum Gasteiger partial charge on any atom is 0.304 e. The van der Waals surface area contributed by atoms with Gasteiger partial charge in [0, 0.05) is 12.5 Å². The monoisotopic (exact) mass is 213 g/mol. The van der Waals surface area contributed by atoms with E-state index in [1.807, 2.05) is 7.05 Å². The van der Waals surface area contributed by atoms with Crippen molar-refractivity contribution in [3.05, 3.63) is 0 Å². The molecule has 1 unspecified atom stereocenters. The fourth-order valence-electron chi connectivity index (χ4n) is 1.23. The predicted molar refractivity (Wildman–Crippen MR) is 60.6 cm³/mol. The van der Waals surface area contributed by atoms with E-state index >= 15 is 0 Å². The second kappa shape index (κ2) is 5.18. The SMILES string of the molecule is C#CCC(CC(=O)O)N(C)[Si](C)(C)C. The highest BCUT2D eigenvalue weighted by Gasteiger charge is 2.27. The van der Waals surface area contributed by atoms with E-state index in [0.29, 0.717) is 6.42 Å². The molecule has 14 heavy (non-hydrogen) atoms. The minimum atomic E-state index is -1.45. The second-order valence-electron chi connectivity index (χ2n) is 4.44. The van der Waals surface area contributed by atoms with Crippen molar-refractivity contribution < 1.29 is 9.90 Å². The van der Waals surface area contributed by atoms with Gasteiger partial charge in [0.05, 0.1) is 6.42 Å². The van der Waals surface area contributed by atoms with Crippen molar-refractivity contribution in [2.75, 3.05) is 7.05 Å². The summed E-state index contributed by atoms with van der Waals surface area (Å²) in [6.45, 7) is 6.54. The Morgan fingerprint density at radius 2 is 2.07 bits per heavy atom. The molecule has 0 saturated heterocycles. The molecule has 0 aromatic carbocycles. The van der Waals surface area contributed by atoms with E-state index in [-0.39, 0.29) is 12.5 Å². The van der Waals surface area contributed by atoms with Gasteiger partial charge in [-0.3, -0.25) is 4.79 Å². The highest BCUT2D eigenvalue weighted by atomic mass is 28.3. The lowest BCUT2D eigenvalue weighted by Gasteiger charge is -2.36. The molecule has 3 nitrogen and oxygen atoms in total. The minimum absolute atomic E-state index is 0.0239. The van der Waals surface area contributed by atoms with Gasteiger partial charge in [-0.05, 0) is 7.05 Å². The van der Waals surface area contributed by atoms with Crippen molar-refractivity contribution in [3.8, 4) is 12.3 Å². The smallest absolute Gasteiger partial charge is 0.304 e. The van der Waals surface area contributed by atoms with Gasteiger partial charge in [0.25, 0.3) is 0 Å². The largest absolute Gasteiger partial charge is 0.481 e. The first kappa shape index (κ1) is 13.2. The van der Waals surface area contributed by atoms with Gasteiger partial charge in [-0.2, -0.15) is 0 Å². The second-order valence-corrected chi connectivity index (χ2v) is 9.49. The van der Waals surface area contributed by atoms with Gasteiger partial charge < -0.3 is 9.67 Å². The van der Waals surface area contributed by atoms with Gasteiger partial charge in [0.15, 0.2) is 0 Å². The van der Waals surface area contributed by atoms with Crippen LogP contribution in [0.5, 0.6) is 0 Å². The molecule has 0 heterocycles. The number of rotatable bonds is 5. The van der Waals surface area contributed by atoms with Crippen LogP contribution < -0.4 is 0 Å². The fourth-order valence-corrected chi connectivity index (χ4v) is 2.51. The minimum Gasteiger partial charge on any atom is -0.481 e. The number of aliphatic carboxylic acids is 1. The van der Waals surface area contributed by atoms with Crippen LogP contribution in [0.1, 0.15) is 12.8 Å². The number of hydrogen-bond donors (Lipinski definition) is 1. The topological polar surface area (TPSA) is 40.5 Å². The first-order valence-electron chi connectivity index (χ1n) is 4.67. The molecule has 0 aliphatic heterocycles. The molecule has 0 fully saturated rings. The van der Waals surface area contributed by atoms with Gasteiger partial charge >= 0.3 is 5.97 Å². The van der Waals surface area contributed by atoms with E-state index in [9.17, 15) is 4.79 Å². The van der Waals surface area contributed by atoms with E-state index < -0.39 is 14.2 Å². The Kier molecular flexibility index (Phi) is 4.88. The maximum absolute atomic E-state index is 10.6. The lowest BCUT2D eigenvalue weighted by Crippen LogP contribution is -2.49. The number of hydrogen-bond acceptors (Lipinski definition) is 2. The molecule has 0 radical (unpaired) electrons. The number of carbonyl (C=O) groups is 1. The van der Waals surface area contributed by atoms with Gasteiger partial charge in [-0.1, -0.05) is 19.6 Å². The van der Waals surface area contributed by atoms with Gasteiger partial charge in [0.1, 0.15) is 8.24 Å². The molecule has 0 aliphatic rings. The third-order valence-electron chi connectivity index (χ3n) is 2.37. The van der Waals surface area contributed by atoms with Crippen LogP contribution in [0.3, 0.4) is 0 Å². The molecule has 1 N–H and O–H groups in total. The maximum atomic E-state index is 10.6. The van der Waals surface area contributed by atoms with E-state index in [0.717, 1.165) is 0 Å². The summed E-state index contributed by atoms with van der Waals surface area (Å²) in [5.74, 6) is 1.76. The first-order valence-corrected chi connectivity index (χ1v) is 8.12. The van der Waals surface area contributed by atoms with Crippen molar-refractivity contribution in [3.63, 3.8) is 0 Å². The van der Waals surface area contributed by atoms with Crippen LogP contribution in [-0.2, 0) is 4.79 Å². The predicted octanol–water partition coefficient (Wildman–Crippen LogP) is 1.62. The van der Waals surface area contributed by atoms with Crippen LogP contribution in [0.4, 0.5) is 0 Å². The number of terminal acetylenes is 1. The van der Waals surface area contributed by atoms with Crippen LogP contribution in [0.25, 0.3) is 0 Å². The summed E-state index contributed by atoms with van der Waals surface area (Å²) < 4.78 is 2.15. The molecule has 1 atom stereocenters. The third-order valence-corrected chi connectivity index (χ3v) is 4.85. The molecule has 0 aromatic rings. The van der Waals surface area contributed by atoms with Crippen molar-refractivity contribution in [2.24, 2.45) is 0 Å². The number of carboxylic acids is 1. The fraction of sp³-hybridized carbons (Fsp3) is 0.700. The van der Waals surface area contributed by atoms with E-state index in [2.05, 4.69) is 30.1 Å². The van der Waals surface area contributed by atoms with Crippen LogP contribution in [0.15, 0.2) is 0 Å². The Bertz CT molecular complexity index is 239. The summed E-state index contributed by atoms with van der Waals surface area (Å²) in [4.78, 5) is 10.6. The highest BCUT2D eigenvalue weighted by molar-refractivity contribution is 6.73. The highest BCUT2D eigenvalue weighted by Crippen LogP contribution is 2.15. The zero-order valence-electron chi connectivity index (χ0n) is 9.37. The van der Waals surface area contributed by atoms with Crippen LogP contribution in [0, 0.1) is 12.3 Å². The van der Waals surface area contributed by atoms with Gasteiger partial charge in [0.2, 0.25) is 0 Å². The molecule has 4 heteroatoms. The summed E-state index contributed by atoms with van der Waals surface area (Å²) in [5.41, 5.74) is 0. The average molecular weight is 213 g/mol. The lowest BCUT2D eigenvalue weighted by molar-refractivity contribution is -0.137. The van der Waals surface area contributed by atoms with Crippen molar-refractivity contribution in [1.29, 1.82) is 0 Å². The molecule has 0 aromatic heterocycles. The quantitative estimate of drug-likeness (QED) is 0.557. The Balaban J connectivity index is 4.50. The molecule has 0 aliphatic carbocycles. The number of carboxylic acid groups (broad SMARTS) is 1. The molecule has 0 bridgehead atoms. The zero-order chi connectivity index (χ0) is 11.4. The summed E-state index contributed by atoms with van der Waals surface area (Å²) in [6.07, 6.45) is 5.87. The van der Waals surface area contributed by atoms with Gasteiger partial charge in [-0.25, -0.2) is 0 Å². The molecular weight excluding hydrogens is 194 g/mol. The summed E-state index contributed by atoms with van der Waals surface area (Å²) in [7, 11) is 0.516. The normalized spacial score (nSPS) is 13.7. The standard InChI is InChI=1S/C10H19NO2Si/c1-6-7-9(8-10(12)13)11(2)14(3,4)5/h1,9H,7-8H2,2-5H3,(H,12,13). The average Bonchev–Trinajstić information content (AvgIpc) is 2.00. The summed E-state index contributed by atoms with van der Waals surface area (Å²) >= 11 is 0. The van der Waals surface area contributed by atoms with Crippen molar-refractivity contribution in [1.82, 2.24) is 4.57 Å². The number of nitrogens with zero attached hydrogens (tertiary/aromatic N) is 1. The molecular formula is C10H19NO2Si. The zero-order valence-corrected chi connectivity index (χ0v) is 10.4. The van der Waals surface area contributed by atoms with E-state index in [1.54, 1.807) is 0 Å². The first-order chi connectivity index (χ1) is 6.29.